The summed E-state index contributed by atoms with van der Waals surface area (Å²) < 4.78 is 12.3. The molecular weight excluding hydrogens is 239 g/mol. The Morgan fingerprint density at radius 3 is 2.63 bits per heavy atom. The molecule has 19 heavy (non-hydrogen) atoms. The smallest absolute Gasteiger partial charge is 0.0906 e. The fourth-order valence-corrected chi connectivity index (χ4v) is 2.86. The molecule has 2 nitrogen and oxygen atoms in total. The van der Waals surface area contributed by atoms with Crippen LogP contribution in [-0.4, -0.2) is 45.3 Å². The summed E-state index contributed by atoms with van der Waals surface area (Å²) in [5.74, 6) is 0.615. The number of likely N-dealkylation sites (tertiary alicyclic amines) is 1. The first-order valence-corrected chi connectivity index (χ1v) is 7.26. The normalized spacial score (nSPS) is 20.5. The minimum absolute atomic E-state index is 0.196. The highest BCUT2D eigenvalue weighted by molar-refractivity contribution is 5.46. The summed E-state index contributed by atoms with van der Waals surface area (Å²) in [4.78, 5) is 4.53. The van der Waals surface area contributed by atoms with Crippen molar-refractivity contribution in [2.45, 2.75) is 25.2 Å². The summed E-state index contributed by atoms with van der Waals surface area (Å²) in [5.41, 5.74) is 2.67. The molecule has 1 saturated heterocycles. The van der Waals surface area contributed by atoms with Crippen molar-refractivity contribution in [1.29, 1.82) is 0 Å². The van der Waals surface area contributed by atoms with E-state index in [0.29, 0.717) is 12.3 Å². The fourth-order valence-electron chi connectivity index (χ4n) is 2.86. The molecule has 0 spiro atoms. The molecule has 0 aromatic heterocycles. The molecule has 1 fully saturated rings. The Morgan fingerprint density at radius 2 is 2.00 bits per heavy atom. The van der Waals surface area contributed by atoms with Gasteiger partial charge in [0.05, 0.1) is 6.67 Å². The number of hydrogen-bond acceptors (Lipinski definition) is 2. The monoisotopic (exact) mass is 264 g/mol. The second kappa shape index (κ2) is 6.90. The predicted octanol–water partition coefficient (Wildman–Crippen LogP) is 3.29. The van der Waals surface area contributed by atoms with Gasteiger partial charge in [-0.25, -0.2) is 0 Å². The quantitative estimate of drug-likeness (QED) is 0.805. The lowest BCUT2D eigenvalue weighted by Crippen LogP contribution is -2.35. The van der Waals surface area contributed by atoms with Gasteiger partial charge in [0.2, 0.25) is 0 Å². The van der Waals surface area contributed by atoms with Gasteiger partial charge in [-0.2, -0.15) is 0 Å². The van der Waals surface area contributed by atoms with Crippen molar-refractivity contribution >= 4 is 5.69 Å². The molecule has 1 aliphatic rings. The van der Waals surface area contributed by atoms with E-state index < -0.39 is 0 Å². The highest BCUT2D eigenvalue weighted by Gasteiger charge is 2.20. The first kappa shape index (κ1) is 14.3. The summed E-state index contributed by atoms with van der Waals surface area (Å²) in [6.45, 7) is 2.93. The average Bonchev–Trinajstić information content (AvgIpc) is 2.45. The highest BCUT2D eigenvalue weighted by atomic mass is 19.1. The molecule has 1 atom stereocenters. The molecule has 0 N–H and O–H groups in total. The third-order valence-electron chi connectivity index (χ3n) is 3.99. The van der Waals surface area contributed by atoms with E-state index in [-0.39, 0.29) is 6.67 Å². The van der Waals surface area contributed by atoms with Gasteiger partial charge in [0.1, 0.15) is 0 Å². The van der Waals surface area contributed by atoms with E-state index >= 15 is 0 Å². The average molecular weight is 264 g/mol. The summed E-state index contributed by atoms with van der Waals surface area (Å²) in [6.07, 6.45) is 3.16. The van der Waals surface area contributed by atoms with Crippen LogP contribution in [0.3, 0.4) is 0 Å². The van der Waals surface area contributed by atoms with Crippen molar-refractivity contribution in [2.75, 3.05) is 45.3 Å². The molecule has 3 heteroatoms. The topological polar surface area (TPSA) is 6.48 Å². The van der Waals surface area contributed by atoms with Gasteiger partial charge >= 0.3 is 0 Å². The fraction of sp³-hybridized carbons (Fsp3) is 0.625. The molecule has 0 aliphatic carbocycles. The Kier molecular flexibility index (Phi) is 5.20. The molecule has 0 radical (unpaired) electrons. The molecular formula is C16H25FN2. The van der Waals surface area contributed by atoms with E-state index in [1.54, 1.807) is 0 Å². The van der Waals surface area contributed by atoms with E-state index in [4.69, 9.17) is 0 Å². The molecule has 0 bridgehead atoms. The maximum absolute atomic E-state index is 12.3. The molecule has 0 saturated carbocycles. The van der Waals surface area contributed by atoms with Crippen molar-refractivity contribution in [1.82, 2.24) is 4.90 Å². The van der Waals surface area contributed by atoms with E-state index in [2.05, 4.69) is 48.2 Å². The largest absolute Gasteiger partial charge is 0.378 e. The Labute approximate surface area is 116 Å². The van der Waals surface area contributed by atoms with E-state index in [1.165, 1.54) is 24.1 Å². The van der Waals surface area contributed by atoms with Gasteiger partial charge in [-0.15, -0.1) is 0 Å². The van der Waals surface area contributed by atoms with Gasteiger partial charge < -0.3 is 9.80 Å². The number of hydrogen-bond donors (Lipinski definition) is 0. The number of nitrogens with zero attached hydrogens (tertiary/aromatic N) is 2. The predicted molar refractivity (Wildman–Crippen MR) is 79.8 cm³/mol. The molecule has 0 amide bonds. The zero-order valence-electron chi connectivity index (χ0n) is 12.1. The van der Waals surface area contributed by atoms with Crippen LogP contribution in [0.25, 0.3) is 0 Å². The minimum Gasteiger partial charge on any atom is -0.378 e. The first-order chi connectivity index (χ1) is 9.20. The highest BCUT2D eigenvalue weighted by Crippen LogP contribution is 2.28. The van der Waals surface area contributed by atoms with Crippen LogP contribution in [0, 0.1) is 0 Å². The second-order valence-corrected chi connectivity index (χ2v) is 5.67. The first-order valence-electron chi connectivity index (χ1n) is 7.26. The number of alkyl halides is 1. The van der Waals surface area contributed by atoms with Crippen LogP contribution in [0.15, 0.2) is 24.3 Å². The van der Waals surface area contributed by atoms with Gasteiger partial charge in [0.15, 0.2) is 0 Å². The molecule has 1 heterocycles. The van der Waals surface area contributed by atoms with Crippen molar-refractivity contribution in [3.63, 3.8) is 0 Å². The van der Waals surface area contributed by atoms with Crippen LogP contribution in [0.1, 0.15) is 30.7 Å². The lowest BCUT2D eigenvalue weighted by Gasteiger charge is -2.33. The zero-order valence-corrected chi connectivity index (χ0v) is 12.1. The van der Waals surface area contributed by atoms with E-state index in [0.717, 1.165) is 19.6 Å². The summed E-state index contributed by atoms with van der Waals surface area (Å²) in [6, 6.07) is 8.88. The van der Waals surface area contributed by atoms with Crippen LogP contribution >= 0.6 is 0 Å². The maximum atomic E-state index is 12.3. The van der Waals surface area contributed by atoms with E-state index in [1.807, 2.05) is 0 Å². The Morgan fingerprint density at radius 1 is 1.26 bits per heavy atom. The van der Waals surface area contributed by atoms with Crippen molar-refractivity contribution in [3.05, 3.63) is 29.8 Å². The summed E-state index contributed by atoms with van der Waals surface area (Å²) >= 11 is 0. The van der Waals surface area contributed by atoms with Gasteiger partial charge in [-0.1, -0.05) is 12.1 Å². The molecule has 1 unspecified atom stereocenters. The third-order valence-corrected chi connectivity index (χ3v) is 3.99. The van der Waals surface area contributed by atoms with Gasteiger partial charge in [-0.05, 0) is 49.4 Å². The Bertz CT molecular complexity index is 375. The van der Waals surface area contributed by atoms with Crippen molar-refractivity contribution in [3.8, 4) is 0 Å². The molecule has 106 valence electrons. The number of anilines is 1. The van der Waals surface area contributed by atoms with E-state index in [9.17, 15) is 4.39 Å². The molecule has 1 aromatic rings. The standard InChI is InChI=1S/C16H25FN2/c1-18(2)16-8-6-14(7-9-16)15-5-3-11-19(13-15)12-4-10-17/h6-9,15H,3-5,10-13H2,1-2H3. The Balaban J connectivity index is 1.96. The van der Waals surface area contributed by atoms with Crippen LogP contribution in [0.4, 0.5) is 10.1 Å². The lowest BCUT2D eigenvalue weighted by atomic mass is 9.90. The van der Waals surface area contributed by atoms with Gasteiger partial charge in [0, 0.05) is 32.9 Å². The summed E-state index contributed by atoms with van der Waals surface area (Å²) in [7, 11) is 4.13. The third kappa shape index (κ3) is 3.93. The zero-order chi connectivity index (χ0) is 13.7. The van der Waals surface area contributed by atoms with Crippen LogP contribution in [-0.2, 0) is 0 Å². The lowest BCUT2D eigenvalue weighted by molar-refractivity contribution is 0.200. The number of halogens is 1. The number of piperidine rings is 1. The summed E-state index contributed by atoms with van der Waals surface area (Å²) in [5, 5.41) is 0. The maximum Gasteiger partial charge on any atom is 0.0906 e. The number of rotatable bonds is 5. The molecule has 1 aliphatic heterocycles. The number of benzene rings is 1. The van der Waals surface area contributed by atoms with Gasteiger partial charge in [-0.3, -0.25) is 4.39 Å². The second-order valence-electron chi connectivity index (χ2n) is 5.67. The minimum atomic E-state index is -0.196. The van der Waals surface area contributed by atoms with Crippen LogP contribution in [0.5, 0.6) is 0 Å². The SMILES string of the molecule is CN(C)c1ccc(C2CCCN(CCCF)C2)cc1. The molecule has 1 aromatic carbocycles. The van der Waals surface area contributed by atoms with Crippen LogP contribution < -0.4 is 4.90 Å². The van der Waals surface area contributed by atoms with Crippen molar-refractivity contribution in [2.24, 2.45) is 0 Å². The van der Waals surface area contributed by atoms with Crippen molar-refractivity contribution < 1.29 is 4.39 Å². The molecule has 2 rings (SSSR count). The van der Waals surface area contributed by atoms with Crippen LogP contribution in [0.2, 0.25) is 0 Å². The Hall–Kier alpha value is -1.09. The van der Waals surface area contributed by atoms with Gasteiger partial charge in [0.25, 0.3) is 0 Å².